The summed E-state index contributed by atoms with van der Waals surface area (Å²) in [4.78, 5) is 14.8. The number of hydrogen-bond acceptors (Lipinski definition) is 3. The van der Waals surface area contributed by atoms with Crippen LogP contribution in [0.25, 0.3) is 0 Å². The molecule has 2 N–H and O–H groups in total. The second-order valence-electron chi connectivity index (χ2n) is 12.5. The van der Waals surface area contributed by atoms with E-state index in [2.05, 4.69) is 37.1 Å². The lowest BCUT2D eigenvalue weighted by atomic mass is 9.47. The predicted molar refractivity (Wildman–Crippen MR) is 129 cm³/mol. The first-order chi connectivity index (χ1) is 15.3. The number of amides is 1. The van der Waals surface area contributed by atoms with E-state index in [4.69, 9.17) is 0 Å². The first kappa shape index (κ1) is 22.9. The summed E-state index contributed by atoms with van der Waals surface area (Å²) >= 11 is 0. The first-order valence-electron chi connectivity index (χ1n) is 13.7. The zero-order valence-corrected chi connectivity index (χ0v) is 20.7. The number of nitrogens with one attached hydrogen (secondary N) is 1. The molecule has 180 valence electrons. The normalized spacial score (nSPS) is 44.8. The number of carbonyl (C=O) groups excluding carboxylic acids is 1. The highest BCUT2D eigenvalue weighted by Crippen LogP contribution is 2.67. The van der Waals surface area contributed by atoms with Crippen molar-refractivity contribution in [2.24, 2.45) is 40.4 Å². The molecule has 5 rings (SSSR count). The molecular weight excluding hydrogens is 396 g/mol. The molecule has 32 heavy (non-hydrogen) atoms. The molecule has 4 heteroatoms. The van der Waals surface area contributed by atoms with E-state index in [0.29, 0.717) is 22.7 Å². The van der Waals surface area contributed by atoms with Crippen molar-refractivity contribution in [3.05, 3.63) is 11.6 Å². The van der Waals surface area contributed by atoms with Crippen molar-refractivity contribution in [1.82, 2.24) is 10.2 Å². The van der Waals surface area contributed by atoms with Crippen LogP contribution in [0, 0.1) is 40.4 Å². The lowest BCUT2D eigenvalue weighted by molar-refractivity contribution is -0.132. The summed E-state index contributed by atoms with van der Waals surface area (Å²) in [6.07, 6.45) is 14.0. The Balaban J connectivity index is 1.25. The summed E-state index contributed by atoms with van der Waals surface area (Å²) < 4.78 is 0. The van der Waals surface area contributed by atoms with Gasteiger partial charge in [0.25, 0.3) is 0 Å². The molecule has 1 heterocycles. The van der Waals surface area contributed by atoms with Gasteiger partial charge in [-0.1, -0.05) is 32.4 Å². The van der Waals surface area contributed by atoms with Crippen LogP contribution >= 0.6 is 0 Å². The first-order valence-corrected chi connectivity index (χ1v) is 13.7. The number of aliphatic hydroxyl groups is 1. The molecule has 8 atom stereocenters. The highest BCUT2D eigenvalue weighted by molar-refractivity contribution is 5.76. The van der Waals surface area contributed by atoms with Crippen molar-refractivity contribution >= 4 is 5.91 Å². The fourth-order valence-corrected chi connectivity index (χ4v) is 9.24. The molecular formula is C28H46N2O2. The summed E-state index contributed by atoms with van der Waals surface area (Å²) in [5.41, 5.74) is 2.37. The maximum Gasteiger partial charge on any atom is 0.222 e. The van der Waals surface area contributed by atoms with Crippen molar-refractivity contribution in [1.29, 1.82) is 0 Å². The van der Waals surface area contributed by atoms with Crippen LogP contribution in [-0.4, -0.2) is 48.2 Å². The molecule has 0 bridgehead atoms. The van der Waals surface area contributed by atoms with Crippen molar-refractivity contribution < 1.29 is 9.90 Å². The molecule has 4 aliphatic carbocycles. The highest BCUT2D eigenvalue weighted by Gasteiger charge is 2.59. The monoisotopic (exact) mass is 442 g/mol. The van der Waals surface area contributed by atoms with Gasteiger partial charge in [-0.3, -0.25) is 4.79 Å². The molecule has 0 spiro atoms. The Kier molecular flexibility index (Phi) is 6.24. The lowest BCUT2D eigenvalue weighted by Gasteiger charge is -2.58. The summed E-state index contributed by atoms with van der Waals surface area (Å²) in [5.74, 6) is 4.28. The summed E-state index contributed by atoms with van der Waals surface area (Å²) in [6.45, 7) is 11.2. The fourth-order valence-electron chi connectivity index (χ4n) is 9.24. The van der Waals surface area contributed by atoms with E-state index in [9.17, 15) is 9.90 Å². The van der Waals surface area contributed by atoms with Crippen molar-refractivity contribution in [2.75, 3.05) is 26.2 Å². The Morgan fingerprint density at radius 3 is 2.72 bits per heavy atom. The van der Waals surface area contributed by atoms with Crippen LogP contribution in [-0.2, 0) is 4.79 Å². The highest BCUT2D eigenvalue weighted by atomic mass is 16.3. The third-order valence-corrected chi connectivity index (χ3v) is 11.1. The van der Waals surface area contributed by atoms with Crippen LogP contribution < -0.4 is 5.32 Å². The van der Waals surface area contributed by atoms with E-state index in [1.807, 2.05) is 0 Å². The number of rotatable bonds is 4. The Morgan fingerprint density at radius 2 is 1.94 bits per heavy atom. The van der Waals surface area contributed by atoms with Gasteiger partial charge in [-0.2, -0.15) is 0 Å². The van der Waals surface area contributed by atoms with Gasteiger partial charge in [-0.25, -0.2) is 0 Å². The quantitative estimate of drug-likeness (QED) is 0.617. The molecule has 4 nitrogen and oxygen atoms in total. The molecule has 3 saturated carbocycles. The van der Waals surface area contributed by atoms with E-state index in [1.165, 1.54) is 38.5 Å². The van der Waals surface area contributed by atoms with E-state index in [1.54, 1.807) is 5.57 Å². The maximum atomic E-state index is 12.7. The van der Waals surface area contributed by atoms with Crippen molar-refractivity contribution in [3.8, 4) is 0 Å². The van der Waals surface area contributed by atoms with Crippen LogP contribution in [0.2, 0.25) is 0 Å². The zero-order valence-electron chi connectivity index (χ0n) is 20.7. The number of aliphatic hydroxyl groups excluding tert-OH is 1. The summed E-state index contributed by atoms with van der Waals surface area (Å²) in [6, 6.07) is 0. The average Bonchev–Trinajstić information content (AvgIpc) is 3.15. The second kappa shape index (κ2) is 8.73. The standard InChI is InChI=1S/C28H46N2O2/c1-19(4-9-26(32)30-16-14-29-15-17-30)23-7-8-24-22-6-5-20-18-21(31)10-12-27(20,2)25(22)11-13-28(23,24)3/h5,19,21-25,29,31H,4,6-18H2,1-3H3/t19?,21-,22-,23+,24-,25-,27-,28+/m0/s1. The van der Waals surface area contributed by atoms with Crippen LogP contribution in [0.4, 0.5) is 0 Å². The second-order valence-corrected chi connectivity index (χ2v) is 12.5. The Morgan fingerprint density at radius 1 is 1.16 bits per heavy atom. The fraction of sp³-hybridized carbons (Fsp3) is 0.893. The van der Waals surface area contributed by atoms with Gasteiger partial charge < -0.3 is 15.3 Å². The molecule has 1 amide bonds. The van der Waals surface area contributed by atoms with Gasteiger partial charge >= 0.3 is 0 Å². The van der Waals surface area contributed by atoms with E-state index >= 15 is 0 Å². The number of hydrogen-bond donors (Lipinski definition) is 2. The van der Waals surface area contributed by atoms with Crippen LogP contribution in [0.15, 0.2) is 11.6 Å². The maximum absolute atomic E-state index is 12.7. The molecule has 0 radical (unpaired) electrons. The van der Waals surface area contributed by atoms with Crippen LogP contribution in [0.5, 0.6) is 0 Å². The largest absolute Gasteiger partial charge is 0.393 e. The topological polar surface area (TPSA) is 52.6 Å². The average molecular weight is 443 g/mol. The van der Waals surface area contributed by atoms with E-state index in [0.717, 1.165) is 75.5 Å². The molecule has 1 unspecified atom stereocenters. The number of carbonyl (C=O) groups is 1. The summed E-state index contributed by atoms with van der Waals surface area (Å²) in [5, 5.41) is 13.6. The van der Waals surface area contributed by atoms with Gasteiger partial charge in [0.2, 0.25) is 5.91 Å². The third-order valence-electron chi connectivity index (χ3n) is 11.1. The van der Waals surface area contributed by atoms with E-state index < -0.39 is 0 Å². The minimum Gasteiger partial charge on any atom is -0.393 e. The van der Waals surface area contributed by atoms with Crippen molar-refractivity contribution in [3.63, 3.8) is 0 Å². The predicted octanol–water partition coefficient (Wildman–Crippen LogP) is 4.77. The van der Waals surface area contributed by atoms with Crippen molar-refractivity contribution in [2.45, 2.75) is 91.1 Å². The molecule has 0 aromatic carbocycles. The van der Waals surface area contributed by atoms with Gasteiger partial charge in [0, 0.05) is 32.6 Å². The molecule has 4 fully saturated rings. The minimum atomic E-state index is -0.111. The number of fused-ring (bicyclic) bond motifs is 5. The zero-order chi connectivity index (χ0) is 22.5. The van der Waals surface area contributed by atoms with Gasteiger partial charge in [0.05, 0.1) is 6.10 Å². The van der Waals surface area contributed by atoms with Crippen LogP contribution in [0.3, 0.4) is 0 Å². The smallest absolute Gasteiger partial charge is 0.222 e. The molecule has 1 saturated heterocycles. The molecule has 0 aromatic heterocycles. The van der Waals surface area contributed by atoms with E-state index in [-0.39, 0.29) is 6.10 Å². The molecule has 1 aliphatic heterocycles. The van der Waals surface area contributed by atoms with Gasteiger partial charge in [0.1, 0.15) is 0 Å². The summed E-state index contributed by atoms with van der Waals surface area (Å²) in [7, 11) is 0. The third kappa shape index (κ3) is 3.78. The molecule has 0 aromatic rings. The Hall–Kier alpha value is -0.870. The minimum absolute atomic E-state index is 0.111. The number of piperazine rings is 1. The Labute approximate surface area is 195 Å². The molecule has 5 aliphatic rings. The number of allylic oxidation sites excluding steroid dienone is 1. The van der Waals surface area contributed by atoms with Gasteiger partial charge in [0.15, 0.2) is 0 Å². The number of nitrogens with zero attached hydrogens (tertiary/aromatic N) is 1. The van der Waals surface area contributed by atoms with Crippen LogP contribution in [0.1, 0.15) is 85.0 Å². The Bertz CT molecular complexity index is 744. The lowest BCUT2D eigenvalue weighted by Crippen LogP contribution is -2.50. The van der Waals surface area contributed by atoms with Gasteiger partial charge in [-0.15, -0.1) is 0 Å². The SMILES string of the molecule is CC(CCC(=O)N1CCNCC1)[C@H]1CC[C@H]2[C@@H]3CC=C4C[C@@H](O)CC[C@]4(C)[C@H]3CC[C@]12C. The van der Waals surface area contributed by atoms with Gasteiger partial charge in [-0.05, 0) is 98.2 Å².